The van der Waals surface area contributed by atoms with Gasteiger partial charge in [0.2, 0.25) is 0 Å². The van der Waals surface area contributed by atoms with Gasteiger partial charge in [-0.15, -0.1) is 5.10 Å². The van der Waals surface area contributed by atoms with E-state index in [1.165, 1.54) is 11.5 Å². The van der Waals surface area contributed by atoms with Gasteiger partial charge in [-0.1, -0.05) is 30.5 Å². The Bertz CT molecular complexity index is 593. The molecule has 1 heterocycles. The van der Waals surface area contributed by atoms with Crippen LogP contribution in [0.1, 0.15) is 54.8 Å². The van der Waals surface area contributed by atoms with Crippen LogP contribution in [0, 0.1) is 0 Å². The molecule has 1 aromatic carbocycles. The number of rotatable bonds is 5. The lowest BCUT2D eigenvalue weighted by Crippen LogP contribution is -2.03. The minimum absolute atomic E-state index is 0.254. The van der Waals surface area contributed by atoms with E-state index in [9.17, 15) is 5.11 Å². The minimum Gasteiger partial charge on any atom is -0.490 e. The third-order valence-electron chi connectivity index (χ3n) is 3.34. The monoisotopic (exact) mass is 290 g/mol. The Hall–Kier alpha value is -1.46. The summed E-state index contributed by atoms with van der Waals surface area (Å²) in [7, 11) is 0. The topological polar surface area (TPSA) is 55.2 Å². The van der Waals surface area contributed by atoms with Crippen LogP contribution in [0.5, 0.6) is 5.75 Å². The third-order valence-corrected chi connectivity index (χ3v) is 4.13. The van der Waals surface area contributed by atoms with Crippen molar-refractivity contribution in [3.05, 3.63) is 40.4 Å². The first-order valence-corrected chi connectivity index (χ1v) is 7.69. The van der Waals surface area contributed by atoms with Crippen molar-refractivity contribution < 1.29 is 9.84 Å². The number of nitrogens with zero attached hydrogens (tertiary/aromatic N) is 2. The first-order chi connectivity index (χ1) is 9.65. The summed E-state index contributed by atoms with van der Waals surface area (Å²) in [6, 6.07) is 7.67. The largest absolute Gasteiger partial charge is 0.490 e. The SMILES string of the molecule is CC(C)c1nnsc1C(O)c1cccc(OC2CC2)c1. The summed E-state index contributed by atoms with van der Waals surface area (Å²) >= 11 is 1.26. The minimum atomic E-state index is -0.685. The summed E-state index contributed by atoms with van der Waals surface area (Å²) in [6.45, 7) is 4.11. The summed E-state index contributed by atoms with van der Waals surface area (Å²) in [6.07, 6.45) is 1.93. The second kappa shape index (κ2) is 5.50. The van der Waals surface area contributed by atoms with Gasteiger partial charge in [0.1, 0.15) is 11.9 Å². The van der Waals surface area contributed by atoms with Crippen LogP contribution >= 0.6 is 11.5 Å². The van der Waals surface area contributed by atoms with Crippen LogP contribution in [0.2, 0.25) is 0 Å². The molecule has 0 bridgehead atoms. The molecule has 106 valence electrons. The Morgan fingerprint density at radius 2 is 2.15 bits per heavy atom. The molecule has 1 atom stereocenters. The van der Waals surface area contributed by atoms with Crippen molar-refractivity contribution >= 4 is 11.5 Å². The fraction of sp³-hybridized carbons (Fsp3) is 0.467. The van der Waals surface area contributed by atoms with E-state index in [4.69, 9.17) is 4.74 Å². The first-order valence-electron chi connectivity index (χ1n) is 6.92. The molecule has 0 spiro atoms. The molecule has 5 heteroatoms. The Balaban J connectivity index is 1.85. The Labute approximate surface area is 122 Å². The fourth-order valence-electron chi connectivity index (χ4n) is 2.08. The molecule has 1 aromatic heterocycles. The van der Waals surface area contributed by atoms with Gasteiger partial charge in [0, 0.05) is 0 Å². The summed E-state index contributed by atoms with van der Waals surface area (Å²) in [5, 5.41) is 14.7. The molecular formula is C15H18N2O2S. The lowest BCUT2D eigenvalue weighted by Gasteiger charge is -2.13. The van der Waals surface area contributed by atoms with E-state index < -0.39 is 6.10 Å². The zero-order valence-corrected chi connectivity index (χ0v) is 12.4. The zero-order chi connectivity index (χ0) is 14.1. The molecule has 3 rings (SSSR count). The molecular weight excluding hydrogens is 272 g/mol. The van der Waals surface area contributed by atoms with E-state index in [1.807, 2.05) is 24.3 Å². The van der Waals surface area contributed by atoms with Crippen LogP contribution in [0.4, 0.5) is 0 Å². The summed E-state index contributed by atoms with van der Waals surface area (Å²) < 4.78 is 9.74. The number of benzene rings is 1. The molecule has 1 aliphatic rings. The molecule has 1 fully saturated rings. The Kier molecular flexibility index (Phi) is 3.72. The Morgan fingerprint density at radius 3 is 2.85 bits per heavy atom. The summed E-state index contributed by atoms with van der Waals surface area (Å²) in [5.74, 6) is 1.08. The zero-order valence-electron chi connectivity index (χ0n) is 11.6. The molecule has 0 radical (unpaired) electrons. The predicted octanol–water partition coefficient (Wildman–Crippen LogP) is 3.28. The fourth-order valence-corrected chi connectivity index (χ4v) is 2.90. The van der Waals surface area contributed by atoms with E-state index in [0.717, 1.165) is 34.7 Å². The first kappa shape index (κ1) is 13.5. The average Bonchev–Trinajstić information content (AvgIpc) is 3.10. The van der Waals surface area contributed by atoms with E-state index in [1.54, 1.807) is 0 Å². The van der Waals surface area contributed by atoms with E-state index in [2.05, 4.69) is 23.4 Å². The lowest BCUT2D eigenvalue weighted by atomic mass is 10.0. The van der Waals surface area contributed by atoms with Crippen LogP contribution < -0.4 is 4.74 Å². The maximum absolute atomic E-state index is 10.6. The van der Waals surface area contributed by atoms with Gasteiger partial charge in [-0.2, -0.15) is 0 Å². The van der Waals surface area contributed by atoms with Gasteiger partial charge in [-0.3, -0.25) is 0 Å². The van der Waals surface area contributed by atoms with Crippen molar-refractivity contribution in [1.29, 1.82) is 0 Å². The highest BCUT2D eigenvalue weighted by Crippen LogP contribution is 2.33. The lowest BCUT2D eigenvalue weighted by molar-refractivity contribution is 0.221. The standard InChI is InChI=1S/C15H18N2O2S/c1-9(2)13-15(20-17-16-13)14(18)10-4-3-5-12(8-10)19-11-6-7-11/h3-5,8-9,11,14,18H,6-7H2,1-2H3. The van der Waals surface area contributed by atoms with Crippen LogP contribution in [-0.2, 0) is 0 Å². The number of ether oxygens (including phenoxy) is 1. The van der Waals surface area contributed by atoms with Gasteiger partial charge < -0.3 is 9.84 Å². The highest BCUT2D eigenvalue weighted by atomic mass is 32.1. The van der Waals surface area contributed by atoms with Gasteiger partial charge in [0.15, 0.2) is 0 Å². The van der Waals surface area contributed by atoms with Crippen LogP contribution in [0.15, 0.2) is 24.3 Å². The third kappa shape index (κ3) is 2.83. The molecule has 1 aliphatic carbocycles. The van der Waals surface area contributed by atoms with E-state index in [-0.39, 0.29) is 5.92 Å². The maximum Gasteiger partial charge on any atom is 0.120 e. The van der Waals surface area contributed by atoms with Gasteiger partial charge >= 0.3 is 0 Å². The highest BCUT2D eigenvalue weighted by Gasteiger charge is 2.24. The van der Waals surface area contributed by atoms with Crippen LogP contribution in [-0.4, -0.2) is 20.8 Å². The van der Waals surface area contributed by atoms with E-state index in [0.29, 0.717) is 6.10 Å². The number of hydrogen-bond acceptors (Lipinski definition) is 5. The van der Waals surface area contributed by atoms with Gasteiger partial charge in [-0.05, 0) is 48.0 Å². The quantitative estimate of drug-likeness (QED) is 0.918. The van der Waals surface area contributed by atoms with Gasteiger partial charge in [-0.25, -0.2) is 0 Å². The smallest absolute Gasteiger partial charge is 0.120 e. The maximum atomic E-state index is 10.6. The molecule has 1 saturated carbocycles. The molecule has 20 heavy (non-hydrogen) atoms. The molecule has 0 saturated heterocycles. The van der Waals surface area contributed by atoms with Gasteiger partial charge in [0.05, 0.1) is 16.7 Å². The molecule has 0 aliphatic heterocycles. The molecule has 0 amide bonds. The number of hydrogen-bond donors (Lipinski definition) is 1. The van der Waals surface area contributed by atoms with E-state index >= 15 is 0 Å². The highest BCUT2D eigenvalue weighted by molar-refractivity contribution is 7.05. The molecule has 4 nitrogen and oxygen atoms in total. The molecule has 2 aromatic rings. The molecule has 1 N–H and O–H groups in total. The van der Waals surface area contributed by atoms with Crippen molar-refractivity contribution in [2.75, 3.05) is 0 Å². The summed E-state index contributed by atoms with van der Waals surface area (Å²) in [5.41, 5.74) is 1.70. The van der Waals surface area contributed by atoms with Crippen molar-refractivity contribution in [3.63, 3.8) is 0 Å². The summed E-state index contributed by atoms with van der Waals surface area (Å²) in [4.78, 5) is 0.823. The number of aromatic nitrogens is 2. The van der Waals surface area contributed by atoms with Crippen LogP contribution in [0.3, 0.4) is 0 Å². The number of aliphatic hydroxyl groups is 1. The van der Waals surface area contributed by atoms with Crippen molar-refractivity contribution in [1.82, 2.24) is 9.59 Å². The number of aliphatic hydroxyl groups excluding tert-OH is 1. The molecule has 1 unspecified atom stereocenters. The predicted molar refractivity (Wildman–Crippen MR) is 78.2 cm³/mol. The van der Waals surface area contributed by atoms with Crippen molar-refractivity contribution in [2.24, 2.45) is 0 Å². The average molecular weight is 290 g/mol. The van der Waals surface area contributed by atoms with Crippen LogP contribution in [0.25, 0.3) is 0 Å². The normalized spacial score (nSPS) is 16.4. The van der Waals surface area contributed by atoms with Crippen molar-refractivity contribution in [3.8, 4) is 5.75 Å². The van der Waals surface area contributed by atoms with Crippen molar-refractivity contribution in [2.45, 2.75) is 44.8 Å². The van der Waals surface area contributed by atoms with Gasteiger partial charge in [0.25, 0.3) is 0 Å². The Morgan fingerprint density at radius 1 is 1.35 bits per heavy atom. The second-order valence-electron chi connectivity index (χ2n) is 5.47. The second-order valence-corrected chi connectivity index (χ2v) is 6.26.